The van der Waals surface area contributed by atoms with Crippen LogP contribution in [0.2, 0.25) is 0 Å². The Kier molecular flexibility index (Phi) is 8.31. The van der Waals surface area contributed by atoms with Gasteiger partial charge < -0.3 is 15.4 Å². The molecular weight excluding hydrogens is 532 g/mol. The van der Waals surface area contributed by atoms with Gasteiger partial charge in [0.05, 0.1) is 24.3 Å². The van der Waals surface area contributed by atoms with Crippen molar-refractivity contribution in [1.82, 2.24) is 20.4 Å². The minimum absolute atomic E-state index is 0.0494. The van der Waals surface area contributed by atoms with Gasteiger partial charge in [-0.05, 0) is 67.3 Å². The minimum Gasteiger partial charge on any atom is -0.466 e. The van der Waals surface area contributed by atoms with Crippen LogP contribution in [0.4, 0.5) is 18.4 Å². The molecule has 2 atom stereocenters. The quantitative estimate of drug-likeness (QED) is 0.519. The van der Waals surface area contributed by atoms with Crippen LogP contribution in [0.3, 0.4) is 0 Å². The summed E-state index contributed by atoms with van der Waals surface area (Å²) in [7, 11) is 1.15. The van der Waals surface area contributed by atoms with Crippen molar-refractivity contribution >= 4 is 18.0 Å². The number of carbonyl (C=O) groups is 3. The molecule has 4 amide bonds. The number of methoxy groups -OCH3 is 1. The van der Waals surface area contributed by atoms with Crippen LogP contribution in [0.1, 0.15) is 60.8 Å². The Morgan fingerprint density at radius 3 is 2.54 bits per heavy atom. The summed E-state index contributed by atoms with van der Waals surface area (Å²) < 4.78 is 32.6. The maximum Gasteiger partial charge on any atom is 0.337 e. The largest absolute Gasteiger partial charge is 0.466 e. The molecule has 2 unspecified atom stereocenters. The second-order valence-corrected chi connectivity index (χ2v) is 10.6. The van der Waals surface area contributed by atoms with Gasteiger partial charge in [-0.2, -0.15) is 5.26 Å². The van der Waals surface area contributed by atoms with Gasteiger partial charge in [-0.25, -0.2) is 28.1 Å². The average molecular weight is 564 g/mol. The van der Waals surface area contributed by atoms with Crippen molar-refractivity contribution in [3.8, 4) is 6.07 Å². The van der Waals surface area contributed by atoms with E-state index in [9.17, 15) is 28.4 Å². The zero-order valence-corrected chi connectivity index (χ0v) is 22.6. The minimum atomic E-state index is -1.31. The van der Waals surface area contributed by atoms with Crippen molar-refractivity contribution in [1.29, 1.82) is 5.26 Å². The normalized spacial score (nSPS) is 24.7. The fourth-order valence-corrected chi connectivity index (χ4v) is 6.24. The number of nitriles is 1. The van der Waals surface area contributed by atoms with Crippen molar-refractivity contribution < 1.29 is 27.9 Å². The van der Waals surface area contributed by atoms with Gasteiger partial charge >= 0.3 is 18.0 Å². The number of urea groups is 2. The SMILES string of the molecule is COC(=O)C1=CNC(=O)N(C(=O)NC2CCN(C3CCC(c4ccccc4C#N)CC3)C2)C1c1ccc(F)c(F)c1. The van der Waals surface area contributed by atoms with Crippen LogP contribution in [-0.2, 0) is 9.53 Å². The second kappa shape index (κ2) is 12.1. The number of amides is 4. The van der Waals surface area contributed by atoms with Crippen LogP contribution in [0.25, 0.3) is 0 Å². The molecule has 2 N–H and O–H groups in total. The number of imide groups is 1. The highest BCUT2D eigenvalue weighted by Gasteiger charge is 2.41. The smallest absolute Gasteiger partial charge is 0.337 e. The molecule has 1 saturated heterocycles. The van der Waals surface area contributed by atoms with E-state index in [-0.39, 0.29) is 17.2 Å². The molecule has 3 aliphatic rings. The zero-order valence-electron chi connectivity index (χ0n) is 22.6. The lowest BCUT2D eigenvalue weighted by molar-refractivity contribution is -0.136. The van der Waals surface area contributed by atoms with Crippen LogP contribution in [-0.4, -0.2) is 60.1 Å². The molecule has 2 aromatic carbocycles. The molecule has 2 aliphatic heterocycles. The van der Waals surface area contributed by atoms with Crippen molar-refractivity contribution in [3.63, 3.8) is 0 Å². The summed E-state index contributed by atoms with van der Waals surface area (Å²) in [5, 5.41) is 14.7. The predicted octanol–water partition coefficient (Wildman–Crippen LogP) is 4.47. The average Bonchev–Trinajstić information content (AvgIpc) is 3.46. The number of hydrogen-bond acceptors (Lipinski definition) is 6. The Balaban J connectivity index is 1.25. The van der Waals surface area contributed by atoms with Gasteiger partial charge in [-0.15, -0.1) is 0 Å². The van der Waals surface area contributed by atoms with Crippen molar-refractivity contribution in [3.05, 3.63) is 82.6 Å². The summed E-state index contributed by atoms with van der Waals surface area (Å²) >= 11 is 0. The first-order valence-electron chi connectivity index (χ1n) is 13.7. The fraction of sp³-hybridized carbons (Fsp3) is 0.400. The standard InChI is InChI=1S/C30H31F2N5O4/c1-41-28(38)24-16-34-29(39)37(27(24)19-8-11-25(31)26(32)14-19)30(40)35-21-12-13-36(17-21)22-9-6-18(7-10-22)23-5-3-2-4-20(23)15-33/h2-5,8,11,14,16,18,21-22,27H,6-7,9-10,12-13,17H2,1H3,(H,34,39)(H,35,40). The third-order valence-electron chi connectivity index (χ3n) is 8.30. The first-order chi connectivity index (χ1) is 19.8. The van der Waals surface area contributed by atoms with Gasteiger partial charge in [-0.3, -0.25) is 4.90 Å². The van der Waals surface area contributed by atoms with Crippen LogP contribution in [0.5, 0.6) is 0 Å². The molecule has 0 aromatic heterocycles. The number of halogens is 2. The topological polar surface area (TPSA) is 115 Å². The number of carbonyl (C=O) groups excluding carboxylic acids is 3. The molecule has 2 fully saturated rings. The molecule has 0 spiro atoms. The molecule has 2 heterocycles. The molecule has 2 aromatic rings. The van der Waals surface area contributed by atoms with Crippen LogP contribution < -0.4 is 10.6 Å². The van der Waals surface area contributed by atoms with Crippen LogP contribution in [0, 0.1) is 23.0 Å². The first kappa shape index (κ1) is 28.2. The lowest BCUT2D eigenvalue weighted by Crippen LogP contribution is -2.55. The first-order valence-corrected chi connectivity index (χ1v) is 13.7. The van der Waals surface area contributed by atoms with Gasteiger partial charge in [-0.1, -0.05) is 24.3 Å². The fourth-order valence-electron chi connectivity index (χ4n) is 6.24. The molecule has 1 saturated carbocycles. The van der Waals surface area contributed by atoms with Crippen molar-refractivity contribution in [2.24, 2.45) is 0 Å². The summed E-state index contributed by atoms with van der Waals surface area (Å²) in [4.78, 5) is 42.0. The van der Waals surface area contributed by atoms with Crippen LogP contribution >= 0.6 is 0 Å². The van der Waals surface area contributed by atoms with E-state index in [1.54, 1.807) is 0 Å². The van der Waals surface area contributed by atoms with E-state index < -0.39 is 35.7 Å². The molecule has 214 valence electrons. The summed E-state index contributed by atoms with van der Waals surface area (Å²) in [5.41, 5.74) is 1.79. The van der Waals surface area contributed by atoms with Gasteiger partial charge in [0.2, 0.25) is 0 Å². The molecule has 5 rings (SSSR count). The molecule has 9 nitrogen and oxygen atoms in total. The van der Waals surface area contributed by atoms with Gasteiger partial charge in [0.15, 0.2) is 11.6 Å². The van der Waals surface area contributed by atoms with Gasteiger partial charge in [0.1, 0.15) is 6.04 Å². The summed E-state index contributed by atoms with van der Waals surface area (Å²) in [6, 6.07) is 10.2. The molecule has 1 aliphatic carbocycles. The second-order valence-electron chi connectivity index (χ2n) is 10.6. The van der Waals surface area contributed by atoms with E-state index in [1.807, 2.05) is 24.3 Å². The monoisotopic (exact) mass is 563 g/mol. The molecule has 11 heteroatoms. The van der Waals surface area contributed by atoms with E-state index in [2.05, 4.69) is 21.6 Å². The molecule has 41 heavy (non-hydrogen) atoms. The Hall–Kier alpha value is -4.30. The number of benzene rings is 2. The maximum atomic E-state index is 14.1. The van der Waals surface area contributed by atoms with E-state index in [4.69, 9.17) is 4.74 Å². The predicted molar refractivity (Wildman–Crippen MR) is 144 cm³/mol. The number of hydrogen-bond donors (Lipinski definition) is 2. The summed E-state index contributed by atoms with van der Waals surface area (Å²) in [5.74, 6) is -2.74. The lowest BCUT2D eigenvalue weighted by atomic mass is 9.80. The van der Waals surface area contributed by atoms with Gasteiger partial charge in [0, 0.05) is 31.4 Å². The van der Waals surface area contributed by atoms with E-state index in [0.717, 1.165) is 73.7 Å². The third kappa shape index (κ3) is 5.79. The number of rotatable bonds is 5. The molecular formula is C30H31F2N5O4. The number of esters is 1. The van der Waals surface area contributed by atoms with E-state index in [0.29, 0.717) is 24.9 Å². The highest BCUT2D eigenvalue weighted by Crippen LogP contribution is 2.37. The highest BCUT2D eigenvalue weighted by molar-refractivity contribution is 6.00. The molecule has 0 bridgehead atoms. The van der Waals surface area contributed by atoms with E-state index >= 15 is 0 Å². The Bertz CT molecular complexity index is 1420. The zero-order chi connectivity index (χ0) is 29.1. The van der Waals surface area contributed by atoms with Crippen LogP contribution in [0.15, 0.2) is 54.2 Å². The number of likely N-dealkylation sites (tertiary alicyclic amines) is 1. The number of nitrogens with one attached hydrogen (secondary N) is 2. The Labute approximate surface area is 236 Å². The lowest BCUT2D eigenvalue weighted by Gasteiger charge is -2.36. The summed E-state index contributed by atoms with van der Waals surface area (Å²) in [6.45, 7) is 1.38. The summed E-state index contributed by atoms with van der Waals surface area (Å²) in [6.07, 6.45) is 5.70. The van der Waals surface area contributed by atoms with E-state index in [1.165, 1.54) is 6.07 Å². The Morgan fingerprint density at radius 1 is 1.07 bits per heavy atom. The van der Waals surface area contributed by atoms with Gasteiger partial charge in [0.25, 0.3) is 0 Å². The maximum absolute atomic E-state index is 14.1. The third-order valence-corrected chi connectivity index (χ3v) is 8.30. The number of nitrogens with zero attached hydrogens (tertiary/aromatic N) is 3. The number of ether oxygens (including phenoxy) is 1. The molecule has 0 radical (unpaired) electrons. The highest BCUT2D eigenvalue weighted by atomic mass is 19.2. The Morgan fingerprint density at radius 2 is 1.83 bits per heavy atom. The van der Waals surface area contributed by atoms with Crippen molar-refractivity contribution in [2.75, 3.05) is 20.2 Å². The van der Waals surface area contributed by atoms with Crippen molar-refractivity contribution in [2.45, 2.75) is 56.1 Å².